The molecule has 2 fully saturated rings. The SMILES string of the molecule is CC[C@H](C1CCC(C(=O)O)CC1)N(C)c1nc2c(c(N[C@@H](CN3CCC[C@H](C)C3)c3cnn(C)c3)n1)C[C@H](c1cccc(F)c1)CC2. The summed E-state index contributed by atoms with van der Waals surface area (Å²) in [5, 5.41) is 18.0. The summed E-state index contributed by atoms with van der Waals surface area (Å²) in [6.45, 7) is 7.58. The van der Waals surface area contributed by atoms with Crippen LogP contribution in [0.15, 0.2) is 36.7 Å². The highest BCUT2D eigenvalue weighted by Crippen LogP contribution is 2.39. The molecule has 0 bridgehead atoms. The van der Waals surface area contributed by atoms with Gasteiger partial charge >= 0.3 is 5.97 Å². The number of aliphatic carboxylic acids is 1. The molecule has 0 unspecified atom stereocenters. The van der Waals surface area contributed by atoms with Gasteiger partial charge in [-0.1, -0.05) is 26.0 Å². The number of nitrogens with zero attached hydrogens (tertiary/aromatic N) is 6. The Bertz CT molecular complexity index is 1520. The molecule has 2 aromatic heterocycles. The van der Waals surface area contributed by atoms with E-state index in [1.807, 2.05) is 24.0 Å². The van der Waals surface area contributed by atoms with E-state index in [4.69, 9.17) is 9.97 Å². The fourth-order valence-electron chi connectivity index (χ4n) is 8.47. The minimum atomic E-state index is -0.669. The summed E-state index contributed by atoms with van der Waals surface area (Å²) in [7, 11) is 4.07. The van der Waals surface area contributed by atoms with E-state index in [1.54, 1.807) is 12.1 Å². The highest BCUT2D eigenvalue weighted by Gasteiger charge is 2.34. The normalized spacial score (nSPS) is 24.7. The number of likely N-dealkylation sites (tertiary alicyclic amines) is 1. The molecular formula is C37H52FN7O2. The van der Waals surface area contributed by atoms with Gasteiger partial charge in [-0.2, -0.15) is 10.1 Å². The van der Waals surface area contributed by atoms with Crippen molar-refractivity contribution in [3.05, 3.63) is 64.9 Å². The summed E-state index contributed by atoms with van der Waals surface area (Å²) in [5.74, 6) is 1.75. The molecule has 1 saturated heterocycles. The molecule has 3 aromatic rings. The van der Waals surface area contributed by atoms with Crippen LogP contribution in [0, 0.1) is 23.6 Å². The average Bonchev–Trinajstić information content (AvgIpc) is 3.50. The van der Waals surface area contributed by atoms with E-state index in [-0.39, 0.29) is 29.7 Å². The summed E-state index contributed by atoms with van der Waals surface area (Å²) in [4.78, 5) is 27.0. The van der Waals surface area contributed by atoms with E-state index in [0.717, 1.165) is 105 Å². The lowest BCUT2D eigenvalue weighted by atomic mass is 9.77. The standard InChI is InChI=1S/C37H52FN7O2/c1-5-34(25-11-13-26(14-12-25)36(46)47)44(4)37-41-32-16-15-28(27-9-6-10-30(38)18-27)19-31(32)35(42-37)40-33(29-20-39-43(3)22-29)23-45-17-7-8-24(2)21-45/h6,9-10,18,20,22,24-26,28,33-34H,5,7-8,11-17,19,21,23H2,1-4H3,(H,46,47)(H,40,41,42)/t24-,25?,26?,28+,33-,34+/m0/s1. The van der Waals surface area contributed by atoms with Crippen LogP contribution in [-0.4, -0.2) is 68.4 Å². The van der Waals surface area contributed by atoms with E-state index in [2.05, 4.69) is 47.3 Å². The molecule has 2 aliphatic carbocycles. The highest BCUT2D eigenvalue weighted by molar-refractivity contribution is 5.70. The molecule has 0 amide bonds. The quantitative estimate of drug-likeness (QED) is 0.240. The van der Waals surface area contributed by atoms with Crippen molar-refractivity contribution in [1.29, 1.82) is 0 Å². The first-order chi connectivity index (χ1) is 22.7. The van der Waals surface area contributed by atoms with Crippen LogP contribution in [-0.2, 0) is 24.7 Å². The molecule has 3 heterocycles. The number of aryl methyl sites for hydroxylation is 2. The van der Waals surface area contributed by atoms with Crippen LogP contribution in [0.2, 0.25) is 0 Å². The van der Waals surface area contributed by atoms with Gasteiger partial charge in [-0.3, -0.25) is 9.48 Å². The lowest BCUT2D eigenvalue weighted by Crippen LogP contribution is -2.41. The van der Waals surface area contributed by atoms with Crippen LogP contribution in [0.25, 0.3) is 0 Å². The Balaban J connectivity index is 1.34. The molecule has 0 radical (unpaired) electrons. The lowest BCUT2D eigenvalue weighted by molar-refractivity contribution is -0.143. The zero-order chi connectivity index (χ0) is 33.1. The maximum Gasteiger partial charge on any atom is 0.306 e. The Kier molecular flexibility index (Phi) is 10.4. The van der Waals surface area contributed by atoms with Crippen molar-refractivity contribution in [1.82, 2.24) is 24.6 Å². The number of nitrogens with one attached hydrogen (secondary N) is 1. The molecule has 4 atom stereocenters. The van der Waals surface area contributed by atoms with E-state index in [9.17, 15) is 14.3 Å². The van der Waals surface area contributed by atoms with E-state index < -0.39 is 5.97 Å². The smallest absolute Gasteiger partial charge is 0.306 e. The third kappa shape index (κ3) is 7.79. The number of piperidine rings is 1. The molecule has 6 rings (SSSR count). The van der Waals surface area contributed by atoms with Crippen molar-refractivity contribution in [2.45, 2.75) is 96.1 Å². The molecule has 0 spiro atoms. The maximum atomic E-state index is 14.3. The molecule has 47 heavy (non-hydrogen) atoms. The summed E-state index contributed by atoms with van der Waals surface area (Å²) in [6.07, 6.45) is 13.2. The van der Waals surface area contributed by atoms with Gasteiger partial charge in [0, 0.05) is 50.6 Å². The lowest BCUT2D eigenvalue weighted by Gasteiger charge is -2.38. The predicted octanol–water partition coefficient (Wildman–Crippen LogP) is 6.61. The second kappa shape index (κ2) is 14.7. The third-order valence-corrected chi connectivity index (χ3v) is 11.1. The van der Waals surface area contributed by atoms with E-state index >= 15 is 0 Å². The molecule has 9 nitrogen and oxygen atoms in total. The molecule has 3 aliphatic rings. The van der Waals surface area contributed by atoms with Gasteiger partial charge in [0.05, 0.1) is 23.9 Å². The number of halogens is 1. The van der Waals surface area contributed by atoms with Gasteiger partial charge in [0.2, 0.25) is 5.95 Å². The number of benzene rings is 1. The number of aromatic nitrogens is 4. The topological polar surface area (TPSA) is 99.4 Å². The van der Waals surface area contributed by atoms with E-state index in [1.165, 1.54) is 18.9 Å². The van der Waals surface area contributed by atoms with Crippen LogP contribution >= 0.6 is 0 Å². The Morgan fingerprint density at radius 1 is 1.17 bits per heavy atom. The van der Waals surface area contributed by atoms with Crippen LogP contribution in [0.1, 0.15) is 99.6 Å². The van der Waals surface area contributed by atoms with Gasteiger partial charge in [-0.05, 0) is 106 Å². The zero-order valence-electron chi connectivity index (χ0n) is 28.5. The van der Waals surface area contributed by atoms with Crippen LogP contribution < -0.4 is 10.2 Å². The number of carboxylic acids is 1. The fourth-order valence-corrected chi connectivity index (χ4v) is 8.47. The van der Waals surface area contributed by atoms with Crippen LogP contribution in [0.4, 0.5) is 16.2 Å². The molecule has 1 saturated carbocycles. The average molecular weight is 646 g/mol. The second-order valence-electron chi connectivity index (χ2n) is 14.5. The zero-order valence-corrected chi connectivity index (χ0v) is 28.5. The number of carbonyl (C=O) groups is 1. The number of carboxylic acid groups (broad SMARTS) is 1. The first-order valence-electron chi connectivity index (χ1n) is 17.8. The van der Waals surface area contributed by atoms with Gasteiger partial charge in [0.25, 0.3) is 0 Å². The summed E-state index contributed by atoms with van der Waals surface area (Å²) in [5.41, 5.74) is 4.35. The number of hydrogen-bond donors (Lipinski definition) is 2. The van der Waals surface area contributed by atoms with E-state index in [0.29, 0.717) is 11.8 Å². The highest BCUT2D eigenvalue weighted by atomic mass is 19.1. The third-order valence-electron chi connectivity index (χ3n) is 11.1. The number of rotatable bonds is 11. The minimum Gasteiger partial charge on any atom is -0.481 e. The van der Waals surface area contributed by atoms with Crippen molar-refractivity contribution in [2.75, 3.05) is 36.9 Å². The number of anilines is 2. The molecular weight excluding hydrogens is 593 g/mol. The predicted molar refractivity (Wildman–Crippen MR) is 183 cm³/mol. The van der Waals surface area contributed by atoms with Crippen molar-refractivity contribution in [3.8, 4) is 0 Å². The Morgan fingerprint density at radius 3 is 2.66 bits per heavy atom. The van der Waals surface area contributed by atoms with Crippen LogP contribution in [0.3, 0.4) is 0 Å². The van der Waals surface area contributed by atoms with Crippen molar-refractivity contribution >= 4 is 17.7 Å². The summed E-state index contributed by atoms with van der Waals surface area (Å²) < 4.78 is 16.2. The molecule has 2 N–H and O–H groups in total. The van der Waals surface area contributed by atoms with Gasteiger partial charge in [0.1, 0.15) is 11.6 Å². The van der Waals surface area contributed by atoms with Gasteiger partial charge in [0.15, 0.2) is 0 Å². The molecule has 1 aromatic carbocycles. The van der Waals surface area contributed by atoms with Gasteiger partial charge in [-0.15, -0.1) is 0 Å². The van der Waals surface area contributed by atoms with Crippen LogP contribution in [0.5, 0.6) is 0 Å². The monoisotopic (exact) mass is 645 g/mol. The fraction of sp³-hybridized carbons (Fsp3) is 0.622. The second-order valence-corrected chi connectivity index (χ2v) is 14.5. The minimum absolute atomic E-state index is 0.00558. The first-order valence-corrected chi connectivity index (χ1v) is 17.8. The first kappa shape index (κ1) is 33.4. The van der Waals surface area contributed by atoms with Crippen molar-refractivity contribution in [2.24, 2.45) is 24.8 Å². The van der Waals surface area contributed by atoms with Crippen molar-refractivity contribution < 1.29 is 14.3 Å². The summed E-state index contributed by atoms with van der Waals surface area (Å²) >= 11 is 0. The van der Waals surface area contributed by atoms with Gasteiger partial charge < -0.3 is 20.2 Å². The summed E-state index contributed by atoms with van der Waals surface area (Å²) in [6, 6.07) is 7.25. The number of hydrogen-bond acceptors (Lipinski definition) is 7. The Labute approximate surface area is 279 Å². The Hall–Kier alpha value is -3.53. The maximum absolute atomic E-state index is 14.3. The number of fused-ring (bicyclic) bond motifs is 1. The van der Waals surface area contributed by atoms with Crippen molar-refractivity contribution in [3.63, 3.8) is 0 Å². The molecule has 10 heteroatoms. The Morgan fingerprint density at radius 2 is 1.98 bits per heavy atom. The molecule has 254 valence electrons. The molecule has 1 aliphatic heterocycles. The largest absolute Gasteiger partial charge is 0.481 e. The van der Waals surface area contributed by atoms with Gasteiger partial charge in [-0.25, -0.2) is 9.37 Å².